The predicted octanol–water partition coefficient (Wildman–Crippen LogP) is 2.25. The minimum absolute atomic E-state index is 0.304. The lowest BCUT2D eigenvalue weighted by Crippen LogP contribution is -2.56. The Bertz CT molecular complexity index is 730. The fraction of sp³-hybridized carbons (Fsp3) is 0.750. The summed E-state index contributed by atoms with van der Waals surface area (Å²) >= 11 is 0. The average molecular weight is 362 g/mol. The number of carbonyl (C=O) groups is 3. The lowest BCUT2D eigenvalue weighted by Gasteiger charge is -2.58. The highest BCUT2D eigenvalue weighted by molar-refractivity contribution is 5.82. The first-order valence-corrected chi connectivity index (χ1v) is 9.41. The van der Waals surface area contributed by atoms with Gasteiger partial charge in [-0.3, -0.25) is 9.59 Å². The summed E-state index contributed by atoms with van der Waals surface area (Å²) < 4.78 is 0. The van der Waals surface area contributed by atoms with Crippen LogP contribution in [0.4, 0.5) is 0 Å². The Hall–Kier alpha value is -1.69. The van der Waals surface area contributed by atoms with Gasteiger partial charge in [0.05, 0.1) is 16.9 Å². The fourth-order valence-electron chi connectivity index (χ4n) is 7.47. The van der Waals surface area contributed by atoms with Gasteiger partial charge in [0.1, 0.15) is 6.29 Å². The molecule has 5 fully saturated rings. The van der Waals surface area contributed by atoms with Gasteiger partial charge in [0, 0.05) is 11.3 Å². The van der Waals surface area contributed by atoms with Gasteiger partial charge in [0.2, 0.25) is 0 Å². The molecule has 6 heteroatoms. The lowest BCUT2D eigenvalue weighted by atomic mass is 9.47. The van der Waals surface area contributed by atoms with Crippen LogP contribution in [-0.2, 0) is 14.4 Å². The molecule has 142 valence electrons. The van der Waals surface area contributed by atoms with Gasteiger partial charge in [-0.25, -0.2) is 0 Å². The van der Waals surface area contributed by atoms with Crippen molar-refractivity contribution in [1.29, 1.82) is 0 Å². The molecule has 0 saturated heterocycles. The van der Waals surface area contributed by atoms with Crippen LogP contribution in [0.15, 0.2) is 12.2 Å². The monoisotopic (exact) mass is 362 g/mol. The molecule has 0 aliphatic heterocycles. The van der Waals surface area contributed by atoms with E-state index in [0.717, 1.165) is 6.29 Å². The molecular weight excluding hydrogens is 336 g/mol. The van der Waals surface area contributed by atoms with Gasteiger partial charge in [0.25, 0.3) is 0 Å². The van der Waals surface area contributed by atoms with Gasteiger partial charge in [-0.1, -0.05) is 13.0 Å². The lowest BCUT2D eigenvalue weighted by molar-refractivity contribution is -0.167. The summed E-state index contributed by atoms with van der Waals surface area (Å²) in [5, 5.41) is 31.2. The Morgan fingerprint density at radius 1 is 1.19 bits per heavy atom. The summed E-state index contributed by atoms with van der Waals surface area (Å²) in [6.45, 7) is 5.62. The molecule has 26 heavy (non-hydrogen) atoms. The summed E-state index contributed by atoms with van der Waals surface area (Å²) in [6.07, 6.45) is 3.94. The zero-order chi connectivity index (χ0) is 19.1. The Balaban J connectivity index is 1.98. The molecule has 5 saturated carbocycles. The van der Waals surface area contributed by atoms with Crippen LogP contribution in [0, 0.1) is 34.0 Å². The first-order valence-electron chi connectivity index (χ1n) is 9.41. The van der Waals surface area contributed by atoms with Crippen LogP contribution in [0.3, 0.4) is 0 Å². The number of carboxylic acids is 2. The maximum Gasteiger partial charge on any atom is 0.309 e. The van der Waals surface area contributed by atoms with Crippen LogP contribution >= 0.6 is 0 Å². The third-order valence-electron chi connectivity index (χ3n) is 8.59. The van der Waals surface area contributed by atoms with Crippen LogP contribution in [0.2, 0.25) is 0 Å². The van der Waals surface area contributed by atoms with Gasteiger partial charge < -0.3 is 20.1 Å². The third kappa shape index (κ3) is 1.74. The van der Waals surface area contributed by atoms with Crippen LogP contribution < -0.4 is 0 Å². The topological polar surface area (TPSA) is 112 Å². The van der Waals surface area contributed by atoms with Gasteiger partial charge in [-0.2, -0.15) is 0 Å². The SMILES string of the molecule is C=C1C[C@]23CC[C@@]1(O)C[C@H]2[C@]1(C=O)CCC[C@@](C)(C(=O)O)[C@H]1[C@@H]3C(=O)O. The van der Waals surface area contributed by atoms with E-state index in [1.54, 1.807) is 6.92 Å². The van der Waals surface area contributed by atoms with Crippen LogP contribution in [0.1, 0.15) is 51.9 Å². The van der Waals surface area contributed by atoms with Crippen molar-refractivity contribution in [2.45, 2.75) is 57.5 Å². The van der Waals surface area contributed by atoms with Crippen molar-refractivity contribution in [3.05, 3.63) is 12.2 Å². The molecule has 5 aliphatic rings. The second-order valence-electron chi connectivity index (χ2n) is 9.40. The molecule has 1 spiro atoms. The highest BCUT2D eigenvalue weighted by Gasteiger charge is 2.78. The quantitative estimate of drug-likeness (QED) is 0.524. The summed E-state index contributed by atoms with van der Waals surface area (Å²) in [6, 6.07) is 0. The predicted molar refractivity (Wildman–Crippen MR) is 91.2 cm³/mol. The number of rotatable bonds is 3. The molecule has 0 heterocycles. The molecular formula is C20H26O6. The molecule has 0 radical (unpaired) electrons. The largest absolute Gasteiger partial charge is 0.481 e. The zero-order valence-corrected chi connectivity index (χ0v) is 15.0. The molecule has 5 aliphatic carbocycles. The van der Waals surface area contributed by atoms with Crippen LogP contribution in [0.5, 0.6) is 0 Å². The highest BCUT2D eigenvalue weighted by atomic mass is 16.4. The number of aliphatic carboxylic acids is 2. The van der Waals surface area contributed by atoms with Crippen molar-refractivity contribution < 1.29 is 29.7 Å². The number of hydrogen-bond acceptors (Lipinski definition) is 4. The Morgan fingerprint density at radius 2 is 1.88 bits per heavy atom. The molecule has 3 N–H and O–H groups in total. The van der Waals surface area contributed by atoms with E-state index in [1.165, 1.54) is 0 Å². The summed E-state index contributed by atoms with van der Waals surface area (Å²) in [5.41, 5.74) is -3.35. The van der Waals surface area contributed by atoms with Crippen molar-refractivity contribution in [3.8, 4) is 0 Å². The molecule has 0 aromatic rings. The first-order chi connectivity index (χ1) is 12.1. The molecule has 0 aromatic heterocycles. The van der Waals surface area contributed by atoms with Gasteiger partial charge in [-0.15, -0.1) is 0 Å². The van der Waals surface area contributed by atoms with Crippen molar-refractivity contribution in [2.75, 3.05) is 0 Å². The van der Waals surface area contributed by atoms with Crippen LogP contribution in [-0.4, -0.2) is 39.1 Å². The smallest absolute Gasteiger partial charge is 0.309 e. The second-order valence-corrected chi connectivity index (χ2v) is 9.40. The Morgan fingerprint density at radius 3 is 2.42 bits per heavy atom. The maximum absolute atomic E-state index is 12.5. The number of fused-ring (bicyclic) bond motifs is 3. The van der Waals surface area contributed by atoms with E-state index < -0.39 is 45.6 Å². The number of carbonyl (C=O) groups excluding carboxylic acids is 1. The summed E-state index contributed by atoms with van der Waals surface area (Å²) in [7, 11) is 0. The average Bonchev–Trinajstić information content (AvgIpc) is 2.83. The van der Waals surface area contributed by atoms with E-state index in [4.69, 9.17) is 0 Å². The van der Waals surface area contributed by atoms with Gasteiger partial charge in [-0.05, 0) is 62.4 Å². The van der Waals surface area contributed by atoms with E-state index in [2.05, 4.69) is 6.58 Å². The van der Waals surface area contributed by atoms with Crippen molar-refractivity contribution in [1.82, 2.24) is 0 Å². The second kappa shape index (κ2) is 4.97. The van der Waals surface area contributed by atoms with E-state index in [1.807, 2.05) is 0 Å². The first kappa shape index (κ1) is 17.7. The van der Waals surface area contributed by atoms with E-state index in [-0.39, 0.29) is 5.92 Å². The van der Waals surface area contributed by atoms with Crippen LogP contribution in [0.25, 0.3) is 0 Å². The minimum Gasteiger partial charge on any atom is -0.481 e. The molecule has 0 aromatic carbocycles. The molecule has 6 nitrogen and oxygen atoms in total. The number of aliphatic hydroxyl groups is 1. The summed E-state index contributed by atoms with van der Waals surface area (Å²) in [4.78, 5) is 37.1. The fourth-order valence-corrected chi connectivity index (χ4v) is 7.47. The van der Waals surface area contributed by atoms with E-state index in [0.29, 0.717) is 50.5 Å². The molecule has 5 rings (SSSR count). The van der Waals surface area contributed by atoms with Gasteiger partial charge in [0.15, 0.2) is 0 Å². The molecule has 0 unspecified atom stereocenters. The number of carboxylic acid groups (broad SMARTS) is 2. The van der Waals surface area contributed by atoms with Crippen molar-refractivity contribution >= 4 is 18.2 Å². The van der Waals surface area contributed by atoms with Crippen molar-refractivity contribution in [2.24, 2.45) is 34.0 Å². The summed E-state index contributed by atoms with van der Waals surface area (Å²) in [5.74, 6) is -4.00. The molecule has 0 amide bonds. The highest BCUT2D eigenvalue weighted by Crippen LogP contribution is 2.77. The van der Waals surface area contributed by atoms with E-state index >= 15 is 0 Å². The third-order valence-corrected chi connectivity index (χ3v) is 8.59. The minimum atomic E-state index is -1.25. The molecule has 7 atom stereocenters. The zero-order valence-electron chi connectivity index (χ0n) is 15.0. The number of aldehydes is 1. The van der Waals surface area contributed by atoms with Crippen molar-refractivity contribution in [3.63, 3.8) is 0 Å². The normalized spacial score (nSPS) is 52.2. The van der Waals surface area contributed by atoms with E-state index in [9.17, 15) is 29.7 Å². The standard InChI is InChI=1S/C20H26O6/c1-11-8-18-6-7-20(11,26)9-12(18)19(10-21)5-3-4-17(2,16(24)25)14(19)13(18)15(22)23/h10,12-14,26H,1,3-9H2,2H3,(H,22,23)(H,24,25)/t12-,13-,14-,17-,18-,19-,20-/m1/s1. The number of hydrogen-bond donors (Lipinski definition) is 3. The maximum atomic E-state index is 12.5. The Labute approximate surface area is 152 Å². The Kier molecular flexibility index (Phi) is 3.39. The van der Waals surface area contributed by atoms with Gasteiger partial charge >= 0.3 is 11.9 Å². The molecule has 2 bridgehead atoms.